The van der Waals surface area contributed by atoms with Gasteiger partial charge in [-0.3, -0.25) is 14.2 Å². The number of sulfonamides is 1. The molecule has 1 heterocycles. The summed E-state index contributed by atoms with van der Waals surface area (Å²) in [4.78, 5) is 28.7. The molecule has 3 N–H and O–H groups in total. The molecule has 0 saturated heterocycles. The highest BCUT2D eigenvalue weighted by molar-refractivity contribution is 7.89. The summed E-state index contributed by atoms with van der Waals surface area (Å²) in [5, 5.41) is 7.70. The third kappa shape index (κ3) is 5.10. The van der Waals surface area contributed by atoms with Crippen molar-refractivity contribution in [3.05, 3.63) is 76.8 Å². The van der Waals surface area contributed by atoms with Crippen molar-refractivity contribution < 1.29 is 17.9 Å². The van der Waals surface area contributed by atoms with E-state index >= 15 is 0 Å². The van der Waals surface area contributed by atoms with E-state index in [0.29, 0.717) is 11.4 Å². The lowest BCUT2D eigenvalue weighted by Gasteiger charge is -2.09. The normalized spacial score (nSPS) is 11.1. The molecule has 3 aromatic rings. The van der Waals surface area contributed by atoms with E-state index in [2.05, 4.69) is 10.3 Å². The van der Waals surface area contributed by atoms with Crippen LogP contribution < -0.4 is 20.8 Å². The third-order valence-electron chi connectivity index (χ3n) is 4.35. The second-order valence-electron chi connectivity index (χ2n) is 6.36. The van der Waals surface area contributed by atoms with Crippen molar-refractivity contribution in [1.29, 1.82) is 0 Å². The highest BCUT2D eigenvalue weighted by Crippen LogP contribution is 2.19. The van der Waals surface area contributed by atoms with E-state index in [1.165, 1.54) is 41.2 Å². The van der Waals surface area contributed by atoms with Crippen molar-refractivity contribution in [3.63, 3.8) is 0 Å². The van der Waals surface area contributed by atoms with Gasteiger partial charge in [-0.1, -0.05) is 0 Å². The topological polar surface area (TPSA) is 133 Å². The Bertz CT molecular complexity index is 1200. The summed E-state index contributed by atoms with van der Waals surface area (Å²) in [5.41, 5.74) is 1.36. The first kappa shape index (κ1) is 21.2. The van der Waals surface area contributed by atoms with E-state index < -0.39 is 15.9 Å². The number of nitrogens with two attached hydrogens (primary N) is 1. The van der Waals surface area contributed by atoms with Crippen LogP contribution in [-0.2, 0) is 16.6 Å². The Morgan fingerprint density at radius 3 is 2.37 bits per heavy atom. The molecule has 3 rings (SSSR count). The molecule has 156 valence electrons. The SMILES string of the molecule is COc1ccc(-c2cc(=O)n(CCNC(=O)c3ccc(S(N)(=O)=O)cc3)cn2)cc1. The van der Waals surface area contributed by atoms with E-state index in [4.69, 9.17) is 9.88 Å². The molecule has 0 aliphatic carbocycles. The third-order valence-corrected chi connectivity index (χ3v) is 5.28. The number of amides is 1. The average molecular weight is 428 g/mol. The number of carbonyl (C=O) groups excluding carboxylic acids is 1. The Hall–Kier alpha value is -3.50. The van der Waals surface area contributed by atoms with Crippen molar-refractivity contribution in [2.75, 3.05) is 13.7 Å². The fourth-order valence-corrected chi connectivity index (χ4v) is 3.22. The van der Waals surface area contributed by atoms with E-state index in [-0.39, 0.29) is 29.1 Å². The highest BCUT2D eigenvalue weighted by atomic mass is 32.2. The molecular formula is C20H20N4O5S. The van der Waals surface area contributed by atoms with Crippen LogP contribution in [0.3, 0.4) is 0 Å². The van der Waals surface area contributed by atoms with Gasteiger partial charge in [0.2, 0.25) is 10.0 Å². The number of aromatic nitrogens is 2. The van der Waals surface area contributed by atoms with Crippen LogP contribution in [0.5, 0.6) is 5.75 Å². The minimum atomic E-state index is -3.81. The molecule has 0 bridgehead atoms. The van der Waals surface area contributed by atoms with Crippen molar-refractivity contribution in [3.8, 4) is 17.0 Å². The van der Waals surface area contributed by atoms with Gasteiger partial charge in [-0.2, -0.15) is 0 Å². The number of carbonyl (C=O) groups is 1. The van der Waals surface area contributed by atoms with Gasteiger partial charge in [-0.25, -0.2) is 18.5 Å². The van der Waals surface area contributed by atoms with Crippen LogP contribution in [0.2, 0.25) is 0 Å². The molecule has 30 heavy (non-hydrogen) atoms. The molecule has 0 atom stereocenters. The average Bonchev–Trinajstić information content (AvgIpc) is 2.74. The van der Waals surface area contributed by atoms with Crippen LogP contribution >= 0.6 is 0 Å². The van der Waals surface area contributed by atoms with Gasteiger partial charge in [0.25, 0.3) is 11.5 Å². The van der Waals surface area contributed by atoms with Gasteiger partial charge >= 0.3 is 0 Å². The maximum atomic E-state index is 12.3. The Kier molecular flexibility index (Phi) is 6.28. The number of ether oxygens (including phenoxy) is 1. The molecule has 1 amide bonds. The molecule has 0 unspecified atom stereocenters. The standard InChI is InChI=1S/C20H20N4O5S/c1-29-16-6-2-14(3-7-16)18-12-19(25)24(13-23-18)11-10-22-20(26)15-4-8-17(9-5-15)30(21,27)28/h2-9,12-13H,10-11H2,1H3,(H,22,26)(H2,21,27,28). The number of benzene rings is 2. The molecular weight excluding hydrogens is 408 g/mol. The van der Waals surface area contributed by atoms with Crippen LogP contribution in [0.25, 0.3) is 11.3 Å². The largest absolute Gasteiger partial charge is 0.497 e. The zero-order valence-electron chi connectivity index (χ0n) is 16.1. The number of hydrogen-bond donors (Lipinski definition) is 2. The maximum absolute atomic E-state index is 12.3. The van der Waals surface area contributed by atoms with E-state index in [0.717, 1.165) is 5.56 Å². The van der Waals surface area contributed by atoms with Gasteiger partial charge in [-0.15, -0.1) is 0 Å². The molecule has 0 aliphatic rings. The first-order valence-electron chi connectivity index (χ1n) is 8.90. The number of rotatable bonds is 7. The summed E-state index contributed by atoms with van der Waals surface area (Å²) >= 11 is 0. The molecule has 0 saturated carbocycles. The zero-order valence-corrected chi connectivity index (χ0v) is 16.9. The van der Waals surface area contributed by atoms with Gasteiger partial charge in [0, 0.05) is 30.3 Å². The van der Waals surface area contributed by atoms with Crippen molar-refractivity contribution in [1.82, 2.24) is 14.9 Å². The van der Waals surface area contributed by atoms with Crippen molar-refractivity contribution >= 4 is 15.9 Å². The summed E-state index contributed by atoms with van der Waals surface area (Å²) in [6.45, 7) is 0.426. The van der Waals surface area contributed by atoms with Gasteiger partial charge < -0.3 is 10.1 Å². The van der Waals surface area contributed by atoms with E-state index in [9.17, 15) is 18.0 Å². The summed E-state index contributed by atoms with van der Waals surface area (Å²) in [5.74, 6) is 0.314. The Balaban J connectivity index is 1.60. The minimum absolute atomic E-state index is 0.0753. The van der Waals surface area contributed by atoms with Crippen LogP contribution in [0.4, 0.5) is 0 Å². The number of primary sulfonamides is 1. The lowest BCUT2D eigenvalue weighted by molar-refractivity contribution is 0.0952. The predicted molar refractivity (Wildman–Crippen MR) is 111 cm³/mol. The second-order valence-corrected chi connectivity index (χ2v) is 7.92. The lowest BCUT2D eigenvalue weighted by atomic mass is 10.1. The van der Waals surface area contributed by atoms with Crippen LogP contribution in [-0.4, -0.2) is 37.5 Å². The molecule has 2 aromatic carbocycles. The lowest BCUT2D eigenvalue weighted by Crippen LogP contribution is -2.30. The predicted octanol–water partition coefficient (Wildman–Crippen LogP) is 0.996. The zero-order chi connectivity index (χ0) is 21.7. The summed E-state index contributed by atoms with van der Waals surface area (Å²) in [6.07, 6.45) is 1.43. The van der Waals surface area contributed by atoms with Crippen molar-refractivity contribution in [2.45, 2.75) is 11.4 Å². The fourth-order valence-electron chi connectivity index (χ4n) is 2.70. The molecule has 0 radical (unpaired) electrons. The number of hydrogen-bond acceptors (Lipinski definition) is 6. The van der Waals surface area contributed by atoms with Crippen LogP contribution in [0.1, 0.15) is 10.4 Å². The Morgan fingerprint density at radius 2 is 1.80 bits per heavy atom. The monoisotopic (exact) mass is 428 g/mol. The van der Waals surface area contributed by atoms with E-state index in [1.807, 2.05) is 12.1 Å². The second kappa shape index (κ2) is 8.89. The smallest absolute Gasteiger partial charge is 0.253 e. The molecule has 0 spiro atoms. The van der Waals surface area contributed by atoms with Gasteiger partial charge in [-0.05, 0) is 48.5 Å². The fraction of sp³-hybridized carbons (Fsp3) is 0.150. The number of nitrogens with zero attached hydrogens (tertiary/aromatic N) is 2. The quantitative estimate of drug-likeness (QED) is 0.577. The highest BCUT2D eigenvalue weighted by Gasteiger charge is 2.10. The Labute approximate surface area is 173 Å². The molecule has 1 aromatic heterocycles. The summed E-state index contributed by atoms with van der Waals surface area (Å²) < 4.78 is 29.0. The number of methoxy groups -OCH3 is 1. The Morgan fingerprint density at radius 1 is 1.13 bits per heavy atom. The summed E-state index contributed by atoms with van der Waals surface area (Å²) in [7, 11) is -2.24. The van der Waals surface area contributed by atoms with Gasteiger partial charge in [0.1, 0.15) is 5.75 Å². The number of nitrogens with one attached hydrogen (secondary N) is 1. The van der Waals surface area contributed by atoms with Crippen LogP contribution in [0, 0.1) is 0 Å². The van der Waals surface area contributed by atoms with E-state index in [1.54, 1.807) is 19.2 Å². The van der Waals surface area contributed by atoms with Crippen LogP contribution in [0.15, 0.2) is 70.6 Å². The molecule has 9 nitrogen and oxygen atoms in total. The van der Waals surface area contributed by atoms with Gasteiger partial charge in [0.05, 0.1) is 24.0 Å². The van der Waals surface area contributed by atoms with Gasteiger partial charge in [0.15, 0.2) is 0 Å². The van der Waals surface area contributed by atoms with Crippen molar-refractivity contribution in [2.24, 2.45) is 5.14 Å². The molecule has 10 heteroatoms. The molecule has 0 fully saturated rings. The first-order chi connectivity index (χ1) is 14.3. The summed E-state index contributed by atoms with van der Waals surface area (Å²) in [6, 6.07) is 13.9. The molecule has 0 aliphatic heterocycles. The minimum Gasteiger partial charge on any atom is -0.497 e. The maximum Gasteiger partial charge on any atom is 0.253 e. The first-order valence-corrected chi connectivity index (χ1v) is 10.4.